The maximum atomic E-state index is 12.2. The van der Waals surface area contributed by atoms with Gasteiger partial charge >= 0.3 is 0 Å². The number of carbonyl (C=O) groups excluding carboxylic acids is 1. The first-order valence-electron chi connectivity index (χ1n) is 7.79. The van der Waals surface area contributed by atoms with Crippen molar-refractivity contribution < 1.29 is 4.79 Å². The number of anilines is 1. The van der Waals surface area contributed by atoms with Crippen LogP contribution in [-0.2, 0) is 4.79 Å². The monoisotopic (exact) mass is 384 g/mol. The number of piperidine rings is 1. The molecule has 0 aromatic carbocycles. The smallest absolute Gasteiger partial charge is 0.223 e. The van der Waals surface area contributed by atoms with Crippen LogP contribution >= 0.6 is 27.7 Å². The van der Waals surface area contributed by atoms with Crippen LogP contribution in [0, 0.1) is 5.92 Å². The summed E-state index contributed by atoms with van der Waals surface area (Å²) in [5.74, 6) is 1.34. The first kappa shape index (κ1) is 16.1. The fourth-order valence-corrected chi connectivity index (χ4v) is 3.67. The number of carbonyl (C=O) groups is 1. The van der Waals surface area contributed by atoms with Gasteiger partial charge in [0.2, 0.25) is 5.91 Å². The Morgan fingerprint density at radius 3 is 2.68 bits per heavy atom. The molecule has 1 saturated carbocycles. The van der Waals surface area contributed by atoms with Gasteiger partial charge in [0.25, 0.3) is 0 Å². The van der Waals surface area contributed by atoms with Crippen LogP contribution in [0.15, 0.2) is 15.8 Å². The van der Waals surface area contributed by atoms with Crippen molar-refractivity contribution in [2.75, 3.05) is 24.2 Å². The van der Waals surface area contributed by atoms with Crippen LogP contribution in [0.4, 0.5) is 5.82 Å². The van der Waals surface area contributed by atoms with Gasteiger partial charge in [-0.25, -0.2) is 9.97 Å². The molecule has 7 heteroatoms. The number of nitrogens with one attached hydrogen (secondary N) is 1. The molecule has 1 aromatic heterocycles. The minimum atomic E-state index is 0.150. The predicted octanol–water partition coefficient (Wildman–Crippen LogP) is 2.85. The fraction of sp³-hybridized carbons (Fsp3) is 0.667. The molecule has 0 atom stereocenters. The zero-order valence-electron chi connectivity index (χ0n) is 12.7. The van der Waals surface area contributed by atoms with Crippen LogP contribution in [0.5, 0.6) is 0 Å². The number of thioether (sulfide) groups is 1. The summed E-state index contributed by atoms with van der Waals surface area (Å²) in [6, 6.07) is 0.436. The van der Waals surface area contributed by atoms with Crippen molar-refractivity contribution in [3.05, 3.63) is 10.7 Å². The van der Waals surface area contributed by atoms with E-state index in [1.807, 2.05) is 12.5 Å². The minimum Gasteiger partial charge on any atom is -0.355 e. The average molecular weight is 385 g/mol. The second-order valence-electron chi connectivity index (χ2n) is 5.93. The van der Waals surface area contributed by atoms with Crippen LogP contribution < -0.4 is 10.2 Å². The lowest BCUT2D eigenvalue weighted by atomic mass is 9.90. The lowest BCUT2D eigenvalue weighted by molar-refractivity contribution is -0.126. The van der Waals surface area contributed by atoms with Crippen LogP contribution in [-0.4, -0.2) is 41.3 Å². The fourth-order valence-electron chi connectivity index (χ4n) is 2.89. The Balaban J connectivity index is 1.58. The quantitative estimate of drug-likeness (QED) is 0.638. The van der Waals surface area contributed by atoms with E-state index in [-0.39, 0.29) is 11.8 Å². The van der Waals surface area contributed by atoms with Crippen molar-refractivity contribution in [2.45, 2.75) is 43.3 Å². The molecule has 2 fully saturated rings. The van der Waals surface area contributed by atoms with Gasteiger partial charge in [0.15, 0.2) is 5.16 Å². The van der Waals surface area contributed by atoms with E-state index in [2.05, 4.69) is 36.1 Å². The van der Waals surface area contributed by atoms with Crippen molar-refractivity contribution in [3.63, 3.8) is 0 Å². The molecule has 1 aliphatic carbocycles. The Hall–Kier alpha value is -0.820. The molecule has 120 valence electrons. The van der Waals surface area contributed by atoms with Crippen LogP contribution in [0.25, 0.3) is 0 Å². The summed E-state index contributed by atoms with van der Waals surface area (Å²) >= 11 is 5.08. The normalized spacial score (nSPS) is 19.8. The Kier molecular flexibility index (Phi) is 5.23. The first-order chi connectivity index (χ1) is 10.7. The third kappa shape index (κ3) is 3.56. The predicted molar refractivity (Wildman–Crippen MR) is 92.2 cm³/mol. The summed E-state index contributed by atoms with van der Waals surface area (Å²) in [6.45, 7) is 1.73. The number of aromatic nitrogens is 2. The summed E-state index contributed by atoms with van der Waals surface area (Å²) in [5.41, 5.74) is 0. The van der Waals surface area contributed by atoms with Crippen molar-refractivity contribution in [1.82, 2.24) is 15.3 Å². The second kappa shape index (κ2) is 7.17. The number of halogens is 1. The zero-order chi connectivity index (χ0) is 15.5. The molecule has 0 bridgehead atoms. The number of hydrogen-bond acceptors (Lipinski definition) is 5. The molecule has 1 saturated heterocycles. The minimum absolute atomic E-state index is 0.150. The summed E-state index contributed by atoms with van der Waals surface area (Å²) in [5, 5.41) is 3.96. The lowest BCUT2D eigenvalue weighted by Gasteiger charge is -2.34. The van der Waals surface area contributed by atoms with Gasteiger partial charge < -0.3 is 10.2 Å². The van der Waals surface area contributed by atoms with Gasteiger partial charge in [-0.3, -0.25) is 4.79 Å². The molecule has 0 radical (unpaired) electrons. The molecule has 3 rings (SSSR count). The molecule has 2 aliphatic rings. The number of nitrogens with zero attached hydrogens (tertiary/aromatic N) is 3. The van der Waals surface area contributed by atoms with E-state index in [0.717, 1.165) is 54.2 Å². The molecule has 2 heterocycles. The first-order valence-corrected chi connectivity index (χ1v) is 9.81. The number of amides is 1. The summed E-state index contributed by atoms with van der Waals surface area (Å²) < 4.78 is 0.919. The Bertz CT molecular complexity index is 544. The Labute approximate surface area is 143 Å². The summed E-state index contributed by atoms with van der Waals surface area (Å²) in [4.78, 5) is 23.3. The third-order valence-electron chi connectivity index (χ3n) is 4.50. The summed E-state index contributed by atoms with van der Waals surface area (Å²) in [6.07, 6.45) is 9.12. The molecule has 0 unspecified atom stereocenters. The maximum absolute atomic E-state index is 12.2. The van der Waals surface area contributed by atoms with E-state index >= 15 is 0 Å². The number of hydrogen-bond donors (Lipinski definition) is 1. The standard InChI is InChI=1S/C15H21BrN4OS/c1-22-15-17-9-12(16)13(19-15)20-7-5-10(6-8-20)14(21)18-11-3-2-4-11/h9-11H,2-8H2,1H3,(H,18,21). The molecule has 1 aliphatic heterocycles. The van der Waals surface area contributed by atoms with Gasteiger partial charge in [0.1, 0.15) is 5.82 Å². The molecular formula is C15H21BrN4OS. The van der Waals surface area contributed by atoms with Gasteiger partial charge in [0, 0.05) is 31.2 Å². The molecule has 5 nitrogen and oxygen atoms in total. The van der Waals surface area contributed by atoms with Crippen molar-refractivity contribution >= 4 is 39.4 Å². The summed E-state index contributed by atoms with van der Waals surface area (Å²) in [7, 11) is 0. The number of rotatable bonds is 4. The molecule has 22 heavy (non-hydrogen) atoms. The lowest BCUT2D eigenvalue weighted by Crippen LogP contribution is -2.46. The largest absolute Gasteiger partial charge is 0.355 e. The van der Waals surface area contributed by atoms with Gasteiger partial charge in [0.05, 0.1) is 4.47 Å². The topological polar surface area (TPSA) is 58.1 Å². The van der Waals surface area contributed by atoms with Crippen molar-refractivity contribution in [1.29, 1.82) is 0 Å². The average Bonchev–Trinajstić information content (AvgIpc) is 2.51. The van der Waals surface area contributed by atoms with Gasteiger partial charge in [-0.1, -0.05) is 11.8 Å². The Morgan fingerprint density at radius 2 is 2.09 bits per heavy atom. The molecule has 1 amide bonds. The SMILES string of the molecule is CSc1ncc(Br)c(N2CCC(C(=O)NC3CCC3)CC2)n1. The molecular weight excluding hydrogens is 364 g/mol. The van der Waals surface area contributed by atoms with E-state index in [4.69, 9.17) is 0 Å². The van der Waals surface area contributed by atoms with Gasteiger partial charge in [-0.15, -0.1) is 0 Å². The van der Waals surface area contributed by atoms with Crippen molar-refractivity contribution in [3.8, 4) is 0 Å². The molecule has 1 N–H and O–H groups in total. The highest BCUT2D eigenvalue weighted by Gasteiger charge is 2.29. The van der Waals surface area contributed by atoms with E-state index < -0.39 is 0 Å². The van der Waals surface area contributed by atoms with Crippen molar-refractivity contribution in [2.24, 2.45) is 5.92 Å². The second-order valence-corrected chi connectivity index (χ2v) is 7.55. The molecule has 0 spiro atoms. The Morgan fingerprint density at radius 1 is 1.36 bits per heavy atom. The van der Waals surface area contributed by atoms with Crippen LogP contribution in [0.3, 0.4) is 0 Å². The zero-order valence-corrected chi connectivity index (χ0v) is 15.1. The third-order valence-corrected chi connectivity index (χ3v) is 5.62. The van der Waals surface area contributed by atoms with Crippen LogP contribution in [0.1, 0.15) is 32.1 Å². The van der Waals surface area contributed by atoms with E-state index in [1.165, 1.54) is 6.42 Å². The molecule has 1 aromatic rings. The highest BCUT2D eigenvalue weighted by atomic mass is 79.9. The van der Waals surface area contributed by atoms with E-state index in [9.17, 15) is 4.79 Å². The van der Waals surface area contributed by atoms with E-state index in [1.54, 1.807) is 11.8 Å². The maximum Gasteiger partial charge on any atom is 0.223 e. The van der Waals surface area contributed by atoms with Gasteiger partial charge in [-0.2, -0.15) is 0 Å². The van der Waals surface area contributed by atoms with E-state index in [0.29, 0.717) is 6.04 Å². The highest BCUT2D eigenvalue weighted by molar-refractivity contribution is 9.10. The highest BCUT2D eigenvalue weighted by Crippen LogP contribution is 2.29. The van der Waals surface area contributed by atoms with Crippen LogP contribution in [0.2, 0.25) is 0 Å². The van der Waals surface area contributed by atoms with Gasteiger partial charge in [-0.05, 0) is 54.3 Å².